The average Bonchev–Trinajstić information content (AvgIpc) is 2.88. The first kappa shape index (κ1) is 15.2. The molecule has 2 aromatic rings. The summed E-state index contributed by atoms with van der Waals surface area (Å²) in [5, 5.41) is 8.69. The molecule has 0 fully saturated rings. The predicted molar refractivity (Wildman–Crippen MR) is 75.1 cm³/mol. The highest BCUT2D eigenvalue weighted by molar-refractivity contribution is 7.89. The number of benzene rings is 1. The largest absolute Gasteiger partial charge is 0.462 e. The van der Waals surface area contributed by atoms with Crippen molar-refractivity contribution in [3.05, 3.63) is 47.7 Å². The van der Waals surface area contributed by atoms with Gasteiger partial charge in [-0.2, -0.15) is 5.10 Å². The number of carbonyl (C=O) groups is 1. The van der Waals surface area contributed by atoms with E-state index in [1.54, 1.807) is 31.2 Å². The zero-order valence-electron chi connectivity index (χ0n) is 11.4. The smallest absolute Gasteiger partial charge is 0.338 e. The molecule has 1 aromatic carbocycles. The molecule has 0 saturated carbocycles. The van der Waals surface area contributed by atoms with E-state index in [0.29, 0.717) is 18.7 Å². The number of nitrogens with zero attached hydrogens (tertiary/aromatic N) is 2. The van der Waals surface area contributed by atoms with Gasteiger partial charge in [-0.25, -0.2) is 18.4 Å². The normalized spacial score (nSPS) is 11.3. The van der Waals surface area contributed by atoms with Crippen LogP contribution in [-0.4, -0.2) is 30.8 Å². The van der Waals surface area contributed by atoms with Gasteiger partial charge in [0.05, 0.1) is 18.7 Å². The summed E-state index contributed by atoms with van der Waals surface area (Å²) in [6, 6.07) is 8.15. The molecule has 2 rings (SSSR count). The molecule has 0 bridgehead atoms. The summed E-state index contributed by atoms with van der Waals surface area (Å²) < 4.78 is 28.6. The second kappa shape index (κ2) is 6.06. The fourth-order valence-corrected chi connectivity index (χ4v) is 2.20. The molecule has 0 saturated heterocycles. The van der Waals surface area contributed by atoms with Crippen LogP contribution in [0.1, 0.15) is 22.8 Å². The number of hydrogen-bond acceptors (Lipinski definition) is 5. The molecule has 0 spiro atoms. The summed E-state index contributed by atoms with van der Waals surface area (Å²) in [4.78, 5) is 11.5. The molecule has 0 aliphatic heterocycles. The molecular weight excluding hydrogens is 294 g/mol. The van der Waals surface area contributed by atoms with Gasteiger partial charge in [0.15, 0.2) is 5.03 Å². The first-order valence-corrected chi connectivity index (χ1v) is 7.77. The number of ether oxygens (including phenoxy) is 1. The van der Waals surface area contributed by atoms with Crippen LogP contribution in [0.2, 0.25) is 0 Å². The van der Waals surface area contributed by atoms with Gasteiger partial charge in [-0.15, -0.1) is 0 Å². The summed E-state index contributed by atoms with van der Waals surface area (Å²) in [7, 11) is -3.79. The maximum atomic E-state index is 11.5. The molecule has 0 unspecified atom stereocenters. The monoisotopic (exact) mass is 309 g/mol. The van der Waals surface area contributed by atoms with Crippen molar-refractivity contribution in [1.29, 1.82) is 0 Å². The van der Waals surface area contributed by atoms with E-state index in [2.05, 4.69) is 5.10 Å². The molecule has 1 heterocycles. The number of rotatable bonds is 5. The molecule has 0 aliphatic rings. The molecule has 0 amide bonds. The number of esters is 1. The second-order valence-electron chi connectivity index (χ2n) is 4.31. The van der Waals surface area contributed by atoms with E-state index in [-0.39, 0.29) is 11.0 Å². The van der Waals surface area contributed by atoms with Crippen molar-refractivity contribution >= 4 is 16.0 Å². The van der Waals surface area contributed by atoms with Gasteiger partial charge in [0.25, 0.3) is 10.0 Å². The highest BCUT2D eigenvalue weighted by atomic mass is 32.2. The molecule has 21 heavy (non-hydrogen) atoms. The summed E-state index contributed by atoms with van der Waals surface area (Å²) in [5.41, 5.74) is 1.33. The summed E-state index contributed by atoms with van der Waals surface area (Å²) in [6.07, 6.45) is 1.53. The predicted octanol–water partition coefficient (Wildman–Crippen LogP) is 0.755. The van der Waals surface area contributed by atoms with Crippen LogP contribution in [0.5, 0.6) is 0 Å². The fraction of sp³-hybridized carbons (Fsp3) is 0.231. The minimum absolute atomic E-state index is 0.175. The van der Waals surface area contributed by atoms with Gasteiger partial charge in [0.2, 0.25) is 0 Å². The number of sulfonamides is 1. The Morgan fingerprint density at radius 2 is 1.95 bits per heavy atom. The van der Waals surface area contributed by atoms with Crippen molar-refractivity contribution < 1.29 is 17.9 Å². The number of nitrogens with two attached hydrogens (primary N) is 1. The lowest BCUT2D eigenvalue weighted by Gasteiger charge is -2.04. The van der Waals surface area contributed by atoms with E-state index < -0.39 is 10.0 Å². The van der Waals surface area contributed by atoms with Gasteiger partial charge < -0.3 is 4.74 Å². The quantitative estimate of drug-likeness (QED) is 0.821. The Kier molecular flexibility index (Phi) is 4.39. The summed E-state index contributed by atoms with van der Waals surface area (Å²) >= 11 is 0. The Hall–Kier alpha value is -2.19. The van der Waals surface area contributed by atoms with Crippen LogP contribution < -0.4 is 5.14 Å². The summed E-state index contributed by atoms with van der Waals surface area (Å²) in [5.74, 6) is -0.375. The van der Waals surface area contributed by atoms with Gasteiger partial charge in [-0.05, 0) is 30.7 Å². The number of aromatic nitrogens is 2. The first-order valence-electron chi connectivity index (χ1n) is 6.22. The molecular formula is C13H15N3O4S. The third kappa shape index (κ3) is 3.89. The maximum Gasteiger partial charge on any atom is 0.338 e. The van der Waals surface area contributed by atoms with Gasteiger partial charge in [0.1, 0.15) is 0 Å². The van der Waals surface area contributed by atoms with Crippen LogP contribution in [0.4, 0.5) is 0 Å². The van der Waals surface area contributed by atoms with E-state index in [1.807, 2.05) is 0 Å². The van der Waals surface area contributed by atoms with Crippen molar-refractivity contribution in [2.45, 2.75) is 18.5 Å². The first-order chi connectivity index (χ1) is 9.90. The van der Waals surface area contributed by atoms with E-state index in [1.165, 1.54) is 16.9 Å². The Bertz CT molecular complexity index is 735. The second-order valence-corrected chi connectivity index (χ2v) is 5.82. The van der Waals surface area contributed by atoms with E-state index >= 15 is 0 Å². The number of hydrogen-bond donors (Lipinski definition) is 1. The Morgan fingerprint density at radius 1 is 1.29 bits per heavy atom. The van der Waals surface area contributed by atoms with Crippen LogP contribution in [0.3, 0.4) is 0 Å². The Labute approximate surface area is 122 Å². The highest BCUT2D eigenvalue weighted by Crippen LogP contribution is 2.09. The lowest BCUT2D eigenvalue weighted by molar-refractivity contribution is 0.0526. The fourth-order valence-electron chi connectivity index (χ4n) is 1.73. The van der Waals surface area contributed by atoms with Gasteiger partial charge in [-0.3, -0.25) is 4.68 Å². The molecule has 0 aliphatic carbocycles. The van der Waals surface area contributed by atoms with Gasteiger partial charge in [0, 0.05) is 6.20 Å². The SMILES string of the molecule is CCOC(=O)c1ccc(Cn2ccc(S(N)(=O)=O)n2)cc1. The Morgan fingerprint density at radius 3 is 2.48 bits per heavy atom. The molecule has 0 radical (unpaired) electrons. The lowest BCUT2D eigenvalue weighted by Crippen LogP contribution is -2.13. The van der Waals surface area contributed by atoms with Crippen LogP contribution >= 0.6 is 0 Å². The minimum Gasteiger partial charge on any atom is -0.462 e. The molecule has 8 heteroatoms. The van der Waals surface area contributed by atoms with Crippen LogP contribution in [0, 0.1) is 0 Å². The van der Waals surface area contributed by atoms with Crippen molar-refractivity contribution in [2.75, 3.05) is 6.61 Å². The van der Waals surface area contributed by atoms with E-state index in [9.17, 15) is 13.2 Å². The number of carbonyl (C=O) groups excluding carboxylic acids is 1. The lowest BCUT2D eigenvalue weighted by atomic mass is 10.1. The van der Waals surface area contributed by atoms with Crippen LogP contribution in [-0.2, 0) is 21.3 Å². The van der Waals surface area contributed by atoms with Crippen molar-refractivity contribution in [2.24, 2.45) is 5.14 Å². The molecule has 0 atom stereocenters. The zero-order valence-corrected chi connectivity index (χ0v) is 12.2. The zero-order chi connectivity index (χ0) is 15.5. The number of primary sulfonamides is 1. The molecule has 1 aromatic heterocycles. The highest BCUT2D eigenvalue weighted by Gasteiger charge is 2.11. The topological polar surface area (TPSA) is 104 Å². The summed E-state index contributed by atoms with van der Waals surface area (Å²) in [6.45, 7) is 2.44. The average molecular weight is 309 g/mol. The van der Waals surface area contributed by atoms with E-state index in [4.69, 9.17) is 9.88 Å². The van der Waals surface area contributed by atoms with E-state index in [0.717, 1.165) is 5.56 Å². The van der Waals surface area contributed by atoms with Crippen molar-refractivity contribution in [3.63, 3.8) is 0 Å². The van der Waals surface area contributed by atoms with Crippen LogP contribution in [0.15, 0.2) is 41.6 Å². The molecule has 2 N–H and O–H groups in total. The molecule has 7 nitrogen and oxygen atoms in total. The van der Waals surface area contributed by atoms with Gasteiger partial charge >= 0.3 is 5.97 Å². The Balaban J connectivity index is 2.10. The third-order valence-corrected chi connectivity index (χ3v) is 3.52. The van der Waals surface area contributed by atoms with Crippen molar-refractivity contribution in [3.8, 4) is 0 Å². The molecule has 112 valence electrons. The third-order valence-electron chi connectivity index (χ3n) is 2.72. The van der Waals surface area contributed by atoms with Gasteiger partial charge in [-0.1, -0.05) is 12.1 Å². The van der Waals surface area contributed by atoms with Crippen LogP contribution in [0.25, 0.3) is 0 Å². The van der Waals surface area contributed by atoms with Crippen molar-refractivity contribution in [1.82, 2.24) is 9.78 Å². The maximum absolute atomic E-state index is 11.5. The minimum atomic E-state index is -3.79. The standard InChI is InChI=1S/C13H15N3O4S/c1-2-20-13(17)11-5-3-10(4-6-11)9-16-8-7-12(15-16)21(14,18)19/h3-8H,2,9H2,1H3,(H2,14,18,19).